The first kappa shape index (κ1) is 14.8. The molecule has 0 aliphatic heterocycles. The van der Waals surface area contributed by atoms with E-state index in [0.29, 0.717) is 5.56 Å². The van der Waals surface area contributed by atoms with Crippen LogP contribution in [0, 0.1) is 5.82 Å². The molecule has 1 nitrogen and oxygen atoms in total. The van der Waals surface area contributed by atoms with E-state index in [1.165, 1.54) is 24.3 Å². The maximum absolute atomic E-state index is 13.3. The van der Waals surface area contributed by atoms with Crippen LogP contribution in [-0.4, -0.2) is 0 Å². The van der Waals surface area contributed by atoms with Gasteiger partial charge in [-0.3, -0.25) is 0 Å². The highest BCUT2D eigenvalue weighted by Gasteiger charge is 2.30. The Morgan fingerprint density at radius 1 is 1.05 bits per heavy atom. The molecule has 2 rings (SSSR count). The number of rotatable bonds is 3. The topological polar surface area (TPSA) is 9.23 Å². The van der Waals surface area contributed by atoms with Gasteiger partial charge in [-0.15, -0.1) is 0 Å². The summed E-state index contributed by atoms with van der Waals surface area (Å²) < 4.78 is 56.4. The minimum Gasteiger partial charge on any atom is -0.489 e. The van der Waals surface area contributed by atoms with Crippen molar-refractivity contribution in [3.8, 4) is 5.75 Å². The van der Waals surface area contributed by atoms with E-state index < -0.39 is 17.6 Å². The number of benzene rings is 2. The fourth-order valence-corrected chi connectivity index (χ4v) is 1.96. The average Bonchev–Trinajstić information content (AvgIpc) is 2.40. The van der Waals surface area contributed by atoms with E-state index in [1.54, 1.807) is 6.07 Å². The van der Waals surface area contributed by atoms with Crippen LogP contribution >= 0.6 is 15.9 Å². The van der Waals surface area contributed by atoms with Crippen molar-refractivity contribution in [2.24, 2.45) is 0 Å². The van der Waals surface area contributed by atoms with Gasteiger partial charge < -0.3 is 4.74 Å². The predicted molar refractivity (Wildman–Crippen MR) is 69.9 cm³/mol. The SMILES string of the molecule is Fc1cccc(COc2cccc(C(F)(F)F)c2)c1Br. The Hall–Kier alpha value is -1.56. The van der Waals surface area contributed by atoms with E-state index in [-0.39, 0.29) is 16.8 Å². The molecule has 0 saturated heterocycles. The zero-order valence-electron chi connectivity index (χ0n) is 10.0. The van der Waals surface area contributed by atoms with Crippen molar-refractivity contribution in [2.75, 3.05) is 0 Å². The lowest BCUT2D eigenvalue weighted by Gasteiger charge is -2.11. The second-order valence-corrected chi connectivity index (χ2v) is 4.82. The van der Waals surface area contributed by atoms with Crippen LogP contribution in [-0.2, 0) is 12.8 Å². The Morgan fingerprint density at radius 2 is 1.75 bits per heavy atom. The smallest absolute Gasteiger partial charge is 0.416 e. The molecule has 0 aliphatic carbocycles. The lowest BCUT2D eigenvalue weighted by atomic mass is 10.2. The quantitative estimate of drug-likeness (QED) is 0.694. The molecule has 0 spiro atoms. The van der Waals surface area contributed by atoms with Crippen LogP contribution in [0.3, 0.4) is 0 Å². The third-order valence-electron chi connectivity index (χ3n) is 2.59. The summed E-state index contributed by atoms with van der Waals surface area (Å²) >= 11 is 3.06. The summed E-state index contributed by atoms with van der Waals surface area (Å²) in [5.74, 6) is -0.369. The molecule has 0 saturated carbocycles. The molecule has 0 radical (unpaired) electrons. The number of ether oxygens (including phenoxy) is 1. The molecule has 0 fully saturated rings. The van der Waals surface area contributed by atoms with E-state index in [1.807, 2.05) is 0 Å². The van der Waals surface area contributed by atoms with Crippen molar-refractivity contribution < 1.29 is 22.3 Å². The standard InChI is InChI=1S/C14H9BrF4O/c15-13-9(3-1-6-12(13)16)8-20-11-5-2-4-10(7-11)14(17,18)19/h1-7H,8H2. The van der Waals surface area contributed by atoms with E-state index in [0.717, 1.165) is 12.1 Å². The molecule has 6 heteroatoms. The van der Waals surface area contributed by atoms with Crippen molar-refractivity contribution in [1.82, 2.24) is 0 Å². The zero-order chi connectivity index (χ0) is 14.8. The van der Waals surface area contributed by atoms with Gasteiger partial charge in [-0.2, -0.15) is 13.2 Å². The summed E-state index contributed by atoms with van der Waals surface area (Å²) in [6, 6.07) is 8.96. The Kier molecular flexibility index (Phi) is 4.32. The van der Waals surface area contributed by atoms with Crippen LogP contribution in [0.5, 0.6) is 5.75 Å². The highest BCUT2D eigenvalue weighted by Crippen LogP contribution is 2.31. The van der Waals surface area contributed by atoms with Crippen LogP contribution in [0.25, 0.3) is 0 Å². The molecular weight excluding hydrogens is 340 g/mol. The molecule has 20 heavy (non-hydrogen) atoms. The average molecular weight is 349 g/mol. The lowest BCUT2D eigenvalue weighted by molar-refractivity contribution is -0.137. The molecule has 2 aromatic rings. The summed E-state index contributed by atoms with van der Waals surface area (Å²) in [4.78, 5) is 0. The Labute approximate surface area is 121 Å². The predicted octanol–water partition coefficient (Wildman–Crippen LogP) is 5.19. The van der Waals surface area contributed by atoms with Crippen LogP contribution in [0.15, 0.2) is 46.9 Å². The summed E-state index contributed by atoms with van der Waals surface area (Å²) in [6.07, 6.45) is -4.42. The number of hydrogen-bond donors (Lipinski definition) is 0. The molecule has 0 N–H and O–H groups in total. The van der Waals surface area contributed by atoms with Gasteiger partial charge in [0.25, 0.3) is 0 Å². The van der Waals surface area contributed by atoms with Crippen molar-refractivity contribution in [1.29, 1.82) is 0 Å². The first-order valence-electron chi connectivity index (χ1n) is 5.61. The third-order valence-corrected chi connectivity index (χ3v) is 3.48. The minimum absolute atomic E-state index is 0.0281. The van der Waals surface area contributed by atoms with Crippen LogP contribution < -0.4 is 4.74 Å². The van der Waals surface area contributed by atoms with Gasteiger partial charge in [-0.25, -0.2) is 4.39 Å². The summed E-state index contributed by atoms with van der Waals surface area (Å²) in [7, 11) is 0. The van der Waals surface area contributed by atoms with Gasteiger partial charge >= 0.3 is 6.18 Å². The fourth-order valence-electron chi connectivity index (χ4n) is 1.58. The van der Waals surface area contributed by atoms with Crippen molar-refractivity contribution in [2.45, 2.75) is 12.8 Å². The van der Waals surface area contributed by atoms with Crippen molar-refractivity contribution in [3.63, 3.8) is 0 Å². The second kappa shape index (κ2) is 5.83. The first-order chi connectivity index (χ1) is 9.38. The van der Waals surface area contributed by atoms with Crippen LogP contribution in [0.2, 0.25) is 0 Å². The highest BCUT2D eigenvalue weighted by molar-refractivity contribution is 9.10. The Morgan fingerprint density at radius 3 is 2.45 bits per heavy atom. The Balaban J connectivity index is 2.13. The molecule has 106 valence electrons. The van der Waals surface area contributed by atoms with Gasteiger partial charge in [-0.1, -0.05) is 18.2 Å². The van der Waals surface area contributed by atoms with Crippen molar-refractivity contribution in [3.05, 3.63) is 63.9 Å². The molecule has 2 aromatic carbocycles. The first-order valence-corrected chi connectivity index (χ1v) is 6.40. The fraction of sp³-hybridized carbons (Fsp3) is 0.143. The zero-order valence-corrected chi connectivity index (χ0v) is 11.6. The van der Waals surface area contributed by atoms with E-state index in [4.69, 9.17) is 4.74 Å². The maximum atomic E-state index is 13.3. The highest BCUT2D eigenvalue weighted by atomic mass is 79.9. The molecule has 0 aliphatic rings. The number of alkyl halides is 3. The van der Waals surface area contributed by atoms with E-state index in [2.05, 4.69) is 15.9 Å². The van der Waals surface area contributed by atoms with Gasteiger partial charge in [0.15, 0.2) is 0 Å². The molecular formula is C14H9BrF4O. The summed E-state index contributed by atoms with van der Waals surface area (Å²) in [5, 5.41) is 0. The number of hydrogen-bond acceptors (Lipinski definition) is 1. The minimum atomic E-state index is -4.42. The molecule has 0 atom stereocenters. The van der Waals surface area contributed by atoms with Crippen LogP contribution in [0.1, 0.15) is 11.1 Å². The van der Waals surface area contributed by atoms with Crippen LogP contribution in [0.4, 0.5) is 17.6 Å². The second-order valence-electron chi connectivity index (χ2n) is 4.03. The molecule has 0 amide bonds. The largest absolute Gasteiger partial charge is 0.489 e. The summed E-state index contributed by atoms with van der Waals surface area (Å²) in [5.41, 5.74) is -0.268. The van der Waals surface area contributed by atoms with Gasteiger partial charge in [-0.05, 0) is 40.2 Å². The van der Waals surface area contributed by atoms with Gasteiger partial charge in [0.1, 0.15) is 18.2 Å². The third kappa shape index (κ3) is 3.50. The maximum Gasteiger partial charge on any atom is 0.416 e. The van der Waals surface area contributed by atoms with E-state index in [9.17, 15) is 17.6 Å². The molecule has 0 unspecified atom stereocenters. The monoisotopic (exact) mass is 348 g/mol. The molecule has 0 bridgehead atoms. The Bertz CT molecular complexity index is 610. The van der Waals surface area contributed by atoms with Crippen molar-refractivity contribution >= 4 is 15.9 Å². The van der Waals surface area contributed by atoms with Gasteiger partial charge in [0, 0.05) is 5.56 Å². The number of halogens is 5. The summed E-state index contributed by atoms with van der Waals surface area (Å²) in [6.45, 7) is -0.0281. The molecule has 0 heterocycles. The van der Waals surface area contributed by atoms with Gasteiger partial charge in [0.2, 0.25) is 0 Å². The van der Waals surface area contributed by atoms with Gasteiger partial charge in [0.05, 0.1) is 10.0 Å². The lowest BCUT2D eigenvalue weighted by Crippen LogP contribution is -2.05. The molecule has 0 aromatic heterocycles. The van der Waals surface area contributed by atoms with E-state index >= 15 is 0 Å². The normalized spacial score (nSPS) is 11.4.